The third-order valence-corrected chi connectivity index (χ3v) is 8.32. The van der Waals surface area contributed by atoms with E-state index in [0.29, 0.717) is 47.7 Å². The standard InChI is InChI=1S/C36H33FN6O4/c1-22-15-23(4-10-34(45)42-46)3-5-27(22)20-40-28-11-13-43(14-12-28)36-29(19-39)35(25-6-7-26(18-38)31(37)16-25)30(21-41-36)24-8-9-33(47-2)32(44)17-24/h3-10,15-17,21,28,40,44,46H,11-14,20H2,1-2H3,(H,42,45)/b10-4+. The smallest absolute Gasteiger partial charge is 0.267 e. The predicted molar refractivity (Wildman–Crippen MR) is 175 cm³/mol. The van der Waals surface area contributed by atoms with Crippen molar-refractivity contribution in [2.45, 2.75) is 32.4 Å². The average Bonchev–Trinajstić information content (AvgIpc) is 3.09. The van der Waals surface area contributed by atoms with E-state index in [0.717, 1.165) is 29.5 Å². The minimum Gasteiger partial charge on any atom is -0.504 e. The summed E-state index contributed by atoms with van der Waals surface area (Å²) < 4.78 is 20.0. The number of amides is 1. The number of rotatable bonds is 9. The highest BCUT2D eigenvalue weighted by Gasteiger charge is 2.26. The van der Waals surface area contributed by atoms with E-state index >= 15 is 0 Å². The van der Waals surface area contributed by atoms with E-state index in [2.05, 4.69) is 16.3 Å². The maximum Gasteiger partial charge on any atom is 0.267 e. The number of hydrogen-bond acceptors (Lipinski definition) is 9. The number of phenolic OH excluding ortho intramolecular Hbond substituents is 1. The monoisotopic (exact) mass is 632 g/mol. The highest BCUT2D eigenvalue weighted by Crippen LogP contribution is 2.41. The fraction of sp³-hybridized carbons (Fsp3) is 0.222. The lowest BCUT2D eigenvalue weighted by atomic mass is 9.91. The summed E-state index contributed by atoms with van der Waals surface area (Å²) >= 11 is 0. The van der Waals surface area contributed by atoms with Gasteiger partial charge in [0.25, 0.3) is 5.91 Å². The molecular weight excluding hydrogens is 599 g/mol. The SMILES string of the molecule is COc1ccc(-c2cnc(N3CCC(NCc4ccc(/C=C/C(=O)NO)cc4C)CC3)c(C#N)c2-c2ccc(C#N)c(F)c2)cc1O. The Morgan fingerprint density at radius 1 is 1.11 bits per heavy atom. The molecule has 0 saturated carbocycles. The molecule has 4 N–H and O–H groups in total. The molecule has 4 aromatic rings. The van der Waals surface area contributed by atoms with Crippen molar-refractivity contribution in [3.05, 3.63) is 101 Å². The van der Waals surface area contributed by atoms with Gasteiger partial charge >= 0.3 is 0 Å². The number of phenols is 1. The van der Waals surface area contributed by atoms with Crippen LogP contribution in [-0.4, -0.2) is 47.4 Å². The maximum atomic E-state index is 14.9. The van der Waals surface area contributed by atoms with Crippen LogP contribution in [0.5, 0.6) is 11.5 Å². The number of hydroxylamine groups is 1. The van der Waals surface area contributed by atoms with Crippen molar-refractivity contribution in [3.8, 4) is 45.9 Å². The Hall–Kier alpha value is -5.75. The van der Waals surface area contributed by atoms with Crippen molar-refractivity contribution in [1.82, 2.24) is 15.8 Å². The number of pyridine rings is 1. The van der Waals surface area contributed by atoms with Gasteiger partial charge in [-0.25, -0.2) is 14.9 Å². The quantitative estimate of drug-likeness (QED) is 0.105. The molecule has 0 spiro atoms. The van der Waals surface area contributed by atoms with Crippen LogP contribution in [0.25, 0.3) is 28.3 Å². The highest BCUT2D eigenvalue weighted by atomic mass is 19.1. The first kappa shape index (κ1) is 32.6. The number of ether oxygens (including phenoxy) is 1. The van der Waals surface area contributed by atoms with Gasteiger partial charge in [-0.2, -0.15) is 10.5 Å². The van der Waals surface area contributed by atoms with Gasteiger partial charge in [0.05, 0.1) is 12.7 Å². The van der Waals surface area contributed by atoms with Gasteiger partial charge in [0.1, 0.15) is 29.3 Å². The summed E-state index contributed by atoms with van der Waals surface area (Å²) in [6.45, 7) is 3.95. The van der Waals surface area contributed by atoms with Gasteiger partial charge in [0, 0.05) is 49.1 Å². The number of aromatic nitrogens is 1. The van der Waals surface area contributed by atoms with Gasteiger partial charge in [0.2, 0.25) is 0 Å². The van der Waals surface area contributed by atoms with Gasteiger partial charge in [-0.05, 0) is 77.9 Å². The van der Waals surface area contributed by atoms with Gasteiger partial charge in [0.15, 0.2) is 11.5 Å². The van der Waals surface area contributed by atoms with E-state index in [1.807, 2.05) is 31.2 Å². The molecule has 1 amide bonds. The van der Waals surface area contributed by atoms with Crippen LogP contribution in [0.1, 0.15) is 40.7 Å². The summed E-state index contributed by atoms with van der Waals surface area (Å²) in [6.07, 6.45) is 6.13. The first-order chi connectivity index (χ1) is 22.8. The van der Waals surface area contributed by atoms with Gasteiger partial charge < -0.3 is 20.1 Å². The van der Waals surface area contributed by atoms with Crippen molar-refractivity contribution < 1.29 is 24.2 Å². The van der Waals surface area contributed by atoms with E-state index in [9.17, 15) is 24.8 Å². The van der Waals surface area contributed by atoms with Crippen molar-refractivity contribution in [2.75, 3.05) is 25.1 Å². The first-order valence-electron chi connectivity index (χ1n) is 15.0. The fourth-order valence-electron chi connectivity index (χ4n) is 5.76. The second-order valence-corrected chi connectivity index (χ2v) is 11.2. The molecule has 1 fully saturated rings. The minimum atomic E-state index is -0.696. The molecule has 1 aromatic heterocycles. The zero-order valence-corrected chi connectivity index (χ0v) is 25.9. The molecule has 10 nitrogen and oxygen atoms in total. The number of nitrogens with one attached hydrogen (secondary N) is 2. The van der Waals surface area contributed by atoms with Crippen LogP contribution in [0.15, 0.2) is 66.9 Å². The molecule has 0 unspecified atom stereocenters. The van der Waals surface area contributed by atoms with Crippen LogP contribution in [0.2, 0.25) is 0 Å². The van der Waals surface area contributed by atoms with E-state index < -0.39 is 11.7 Å². The Morgan fingerprint density at radius 2 is 1.87 bits per heavy atom. The Labute approximate surface area is 271 Å². The number of aryl methyl sites for hydroxylation is 1. The number of carbonyl (C=O) groups excluding carboxylic acids is 1. The molecule has 1 aliphatic rings. The molecule has 0 atom stereocenters. The Morgan fingerprint density at radius 3 is 2.51 bits per heavy atom. The first-order valence-corrected chi connectivity index (χ1v) is 15.0. The summed E-state index contributed by atoms with van der Waals surface area (Å²) in [6, 6.07) is 19.4. The second-order valence-electron chi connectivity index (χ2n) is 11.2. The number of nitriles is 2. The van der Waals surface area contributed by atoms with Crippen molar-refractivity contribution in [3.63, 3.8) is 0 Å². The van der Waals surface area contributed by atoms with E-state index in [-0.39, 0.29) is 28.7 Å². The maximum absolute atomic E-state index is 14.9. The van der Waals surface area contributed by atoms with Crippen LogP contribution in [0, 0.1) is 35.4 Å². The van der Waals surface area contributed by atoms with Gasteiger partial charge in [-0.15, -0.1) is 0 Å². The lowest BCUT2D eigenvalue weighted by Gasteiger charge is -2.34. The molecule has 0 radical (unpaired) electrons. The molecule has 0 aliphatic carbocycles. The number of piperidine rings is 1. The van der Waals surface area contributed by atoms with Crippen molar-refractivity contribution in [2.24, 2.45) is 0 Å². The van der Waals surface area contributed by atoms with Crippen LogP contribution in [0.3, 0.4) is 0 Å². The number of anilines is 1. The highest BCUT2D eigenvalue weighted by molar-refractivity contribution is 5.91. The number of hydrogen-bond donors (Lipinski definition) is 4. The number of benzene rings is 3. The fourth-order valence-corrected chi connectivity index (χ4v) is 5.76. The van der Waals surface area contributed by atoms with Crippen LogP contribution in [0.4, 0.5) is 10.2 Å². The molecule has 1 saturated heterocycles. The third-order valence-electron chi connectivity index (χ3n) is 8.32. The van der Waals surface area contributed by atoms with Crippen LogP contribution in [-0.2, 0) is 11.3 Å². The zero-order chi connectivity index (χ0) is 33.5. The number of aromatic hydroxyl groups is 1. The Kier molecular flexibility index (Phi) is 10.1. The van der Waals surface area contributed by atoms with Crippen molar-refractivity contribution in [1.29, 1.82) is 10.5 Å². The van der Waals surface area contributed by atoms with Crippen molar-refractivity contribution >= 4 is 17.8 Å². The molecule has 238 valence electrons. The van der Waals surface area contributed by atoms with E-state index in [4.69, 9.17) is 14.9 Å². The number of nitrogens with zero attached hydrogens (tertiary/aromatic N) is 4. The van der Waals surface area contributed by atoms with Crippen LogP contribution >= 0.6 is 0 Å². The third kappa shape index (κ3) is 7.23. The molecule has 1 aliphatic heterocycles. The number of carbonyl (C=O) groups is 1. The molecule has 0 bridgehead atoms. The minimum absolute atomic E-state index is 0.0887. The summed E-state index contributed by atoms with van der Waals surface area (Å²) in [5, 5.41) is 42.5. The summed E-state index contributed by atoms with van der Waals surface area (Å²) in [5.41, 5.74) is 6.75. The summed E-state index contributed by atoms with van der Waals surface area (Å²) in [7, 11) is 1.45. The lowest BCUT2D eigenvalue weighted by Crippen LogP contribution is -2.43. The molecule has 2 heterocycles. The largest absolute Gasteiger partial charge is 0.504 e. The molecule has 11 heteroatoms. The van der Waals surface area contributed by atoms with E-state index in [1.165, 1.54) is 31.4 Å². The summed E-state index contributed by atoms with van der Waals surface area (Å²) in [4.78, 5) is 18.0. The molecule has 5 rings (SSSR count). The lowest BCUT2D eigenvalue weighted by molar-refractivity contribution is -0.124. The second kappa shape index (κ2) is 14.6. The average molecular weight is 633 g/mol. The Balaban J connectivity index is 1.37. The number of halogens is 1. The van der Waals surface area contributed by atoms with Crippen LogP contribution < -0.4 is 20.4 Å². The molecule has 47 heavy (non-hydrogen) atoms. The van der Waals surface area contributed by atoms with E-state index in [1.54, 1.807) is 36.0 Å². The molecular formula is C36H33FN6O4. The molecule has 3 aromatic carbocycles. The normalized spacial score (nSPS) is 13.3. The zero-order valence-electron chi connectivity index (χ0n) is 25.9. The number of methoxy groups -OCH3 is 1. The van der Waals surface area contributed by atoms with Gasteiger partial charge in [-0.1, -0.05) is 30.3 Å². The topological polar surface area (TPSA) is 155 Å². The Bertz CT molecular complexity index is 1920. The predicted octanol–water partition coefficient (Wildman–Crippen LogP) is 5.60. The summed E-state index contributed by atoms with van der Waals surface area (Å²) in [5.74, 6) is -0.603. The van der Waals surface area contributed by atoms with Gasteiger partial charge in [-0.3, -0.25) is 10.0 Å².